The van der Waals surface area contributed by atoms with Crippen molar-refractivity contribution in [2.24, 2.45) is 5.73 Å². The summed E-state index contributed by atoms with van der Waals surface area (Å²) in [5.74, 6) is -1.33. The Morgan fingerprint density at radius 2 is 2.15 bits per heavy atom. The molecule has 0 aliphatic rings. The van der Waals surface area contributed by atoms with Gasteiger partial charge in [-0.05, 0) is 0 Å². The van der Waals surface area contributed by atoms with Crippen LogP contribution in [0.2, 0.25) is 0 Å². The van der Waals surface area contributed by atoms with Crippen LogP contribution in [-0.2, 0) is 0 Å². The van der Waals surface area contributed by atoms with Crippen molar-refractivity contribution in [3.8, 4) is 0 Å². The molecule has 1 rings (SSSR count). The molecule has 1 aromatic rings. The van der Waals surface area contributed by atoms with Crippen molar-refractivity contribution in [1.29, 1.82) is 0 Å². The van der Waals surface area contributed by atoms with Gasteiger partial charge in [0.2, 0.25) is 5.82 Å². The molecule has 0 fully saturated rings. The van der Waals surface area contributed by atoms with Crippen molar-refractivity contribution in [1.82, 2.24) is 9.97 Å². The third kappa shape index (κ3) is 2.64. The Hall–Kier alpha value is -1.75. The molecule has 68 valence electrons. The lowest BCUT2D eigenvalue weighted by Crippen LogP contribution is -2.03. The van der Waals surface area contributed by atoms with Crippen LogP contribution in [0.4, 0.5) is 0 Å². The number of nitrogens with two attached hydrogens (primary N) is 1. The van der Waals surface area contributed by atoms with Crippen LogP contribution in [-0.4, -0.2) is 27.6 Å². The molecule has 0 radical (unpaired) electrons. The third-order valence-corrected chi connectivity index (χ3v) is 1.31. The van der Waals surface area contributed by atoms with Crippen LogP contribution in [0, 0.1) is 0 Å². The Balaban J connectivity index is 2.81. The minimum absolute atomic E-state index is 0.204. The summed E-state index contributed by atoms with van der Waals surface area (Å²) < 4.78 is 0. The Labute approximate surface area is 74.9 Å². The fourth-order valence-corrected chi connectivity index (χ4v) is 0.739. The second-order valence-electron chi connectivity index (χ2n) is 2.28. The number of carboxylic acids is 1. The molecule has 5 heteroatoms. The smallest absolute Gasteiger partial charge is 0.373 e. The van der Waals surface area contributed by atoms with E-state index >= 15 is 0 Å². The lowest BCUT2D eigenvalue weighted by molar-refractivity contribution is 0.0683. The third-order valence-electron chi connectivity index (χ3n) is 1.31. The monoisotopic (exact) mass is 179 g/mol. The highest BCUT2D eigenvalue weighted by Crippen LogP contribution is 1.98. The van der Waals surface area contributed by atoms with E-state index in [2.05, 4.69) is 9.97 Å². The first-order valence-electron chi connectivity index (χ1n) is 3.66. The maximum atomic E-state index is 10.4. The van der Waals surface area contributed by atoms with Crippen LogP contribution in [0.1, 0.15) is 16.2 Å². The molecular formula is C8H9N3O2. The zero-order valence-corrected chi connectivity index (χ0v) is 6.84. The molecule has 1 aromatic heterocycles. The summed E-state index contributed by atoms with van der Waals surface area (Å²) in [4.78, 5) is 17.6. The van der Waals surface area contributed by atoms with Gasteiger partial charge in [-0.25, -0.2) is 14.8 Å². The van der Waals surface area contributed by atoms with Crippen molar-refractivity contribution in [2.45, 2.75) is 0 Å². The zero-order chi connectivity index (χ0) is 9.68. The zero-order valence-electron chi connectivity index (χ0n) is 6.84. The van der Waals surface area contributed by atoms with E-state index in [0.717, 1.165) is 5.56 Å². The van der Waals surface area contributed by atoms with Crippen LogP contribution in [0.25, 0.3) is 6.08 Å². The fraction of sp³-hybridized carbons (Fsp3) is 0.125. The van der Waals surface area contributed by atoms with Gasteiger partial charge in [0, 0.05) is 24.5 Å². The van der Waals surface area contributed by atoms with Crippen molar-refractivity contribution in [3.05, 3.63) is 29.9 Å². The number of carboxylic acid groups (broad SMARTS) is 1. The Morgan fingerprint density at radius 3 is 2.62 bits per heavy atom. The number of nitrogens with zero attached hydrogens (tertiary/aromatic N) is 2. The van der Waals surface area contributed by atoms with Crippen LogP contribution in [0.15, 0.2) is 18.5 Å². The van der Waals surface area contributed by atoms with E-state index in [0.29, 0.717) is 6.54 Å². The summed E-state index contributed by atoms with van der Waals surface area (Å²) in [5.41, 5.74) is 5.96. The standard InChI is InChI=1S/C8H9N3O2/c9-3-1-2-6-4-10-7(8(12)13)11-5-6/h1-2,4-5H,3,9H2,(H,12,13). The van der Waals surface area contributed by atoms with Gasteiger partial charge in [-0.15, -0.1) is 0 Å². The van der Waals surface area contributed by atoms with Gasteiger partial charge in [0.1, 0.15) is 0 Å². The second-order valence-corrected chi connectivity index (χ2v) is 2.28. The number of hydrogen-bond acceptors (Lipinski definition) is 4. The first kappa shape index (κ1) is 9.34. The van der Waals surface area contributed by atoms with Crippen LogP contribution in [0.5, 0.6) is 0 Å². The van der Waals surface area contributed by atoms with Crippen LogP contribution < -0.4 is 5.73 Å². The molecule has 0 amide bonds. The average Bonchev–Trinajstić information content (AvgIpc) is 2.15. The second kappa shape index (κ2) is 4.32. The van der Waals surface area contributed by atoms with Crippen molar-refractivity contribution >= 4 is 12.0 Å². The van der Waals surface area contributed by atoms with Gasteiger partial charge in [0.05, 0.1) is 0 Å². The molecule has 0 bridgehead atoms. The van der Waals surface area contributed by atoms with Gasteiger partial charge in [0.25, 0.3) is 0 Å². The molecule has 3 N–H and O–H groups in total. The lowest BCUT2D eigenvalue weighted by atomic mass is 10.3. The molecule has 13 heavy (non-hydrogen) atoms. The van der Waals surface area contributed by atoms with E-state index in [1.807, 2.05) is 0 Å². The highest BCUT2D eigenvalue weighted by Gasteiger charge is 2.03. The van der Waals surface area contributed by atoms with E-state index in [9.17, 15) is 4.79 Å². The first-order valence-corrected chi connectivity index (χ1v) is 3.66. The molecule has 0 aliphatic heterocycles. The largest absolute Gasteiger partial charge is 0.475 e. The number of hydrogen-bond donors (Lipinski definition) is 2. The molecule has 0 aromatic carbocycles. The van der Waals surface area contributed by atoms with Gasteiger partial charge < -0.3 is 10.8 Å². The lowest BCUT2D eigenvalue weighted by Gasteiger charge is -1.93. The Bertz CT molecular complexity index is 319. The SMILES string of the molecule is NCC=Cc1cnc(C(=O)O)nc1. The number of rotatable bonds is 3. The number of aromatic carboxylic acids is 1. The van der Waals surface area contributed by atoms with Gasteiger partial charge in [0.15, 0.2) is 0 Å². The predicted octanol–water partition coefficient (Wildman–Crippen LogP) is 0.147. The van der Waals surface area contributed by atoms with E-state index < -0.39 is 5.97 Å². The minimum Gasteiger partial charge on any atom is -0.475 e. The normalized spacial score (nSPS) is 10.5. The molecule has 0 atom stereocenters. The van der Waals surface area contributed by atoms with Gasteiger partial charge >= 0.3 is 5.97 Å². The van der Waals surface area contributed by atoms with E-state index in [-0.39, 0.29) is 5.82 Å². The quantitative estimate of drug-likeness (QED) is 0.689. The molecule has 0 saturated heterocycles. The maximum absolute atomic E-state index is 10.4. The molecule has 0 saturated carbocycles. The molecule has 0 unspecified atom stereocenters. The first-order chi connectivity index (χ1) is 6.24. The van der Waals surface area contributed by atoms with E-state index in [1.54, 1.807) is 12.2 Å². The van der Waals surface area contributed by atoms with E-state index in [1.165, 1.54) is 12.4 Å². The van der Waals surface area contributed by atoms with Gasteiger partial charge in [-0.1, -0.05) is 12.2 Å². The Morgan fingerprint density at radius 1 is 1.54 bits per heavy atom. The number of carbonyl (C=O) groups is 1. The summed E-state index contributed by atoms with van der Waals surface area (Å²) in [6.45, 7) is 0.431. The highest BCUT2D eigenvalue weighted by atomic mass is 16.4. The van der Waals surface area contributed by atoms with Gasteiger partial charge in [-0.3, -0.25) is 0 Å². The molecule has 0 aliphatic carbocycles. The van der Waals surface area contributed by atoms with Gasteiger partial charge in [-0.2, -0.15) is 0 Å². The van der Waals surface area contributed by atoms with Crippen LogP contribution >= 0.6 is 0 Å². The average molecular weight is 179 g/mol. The summed E-state index contributed by atoms with van der Waals surface area (Å²) in [6, 6.07) is 0. The molecule has 5 nitrogen and oxygen atoms in total. The molecule has 1 heterocycles. The summed E-state index contributed by atoms with van der Waals surface area (Å²) in [6.07, 6.45) is 6.33. The molecule has 0 spiro atoms. The summed E-state index contributed by atoms with van der Waals surface area (Å²) in [5, 5.41) is 8.49. The van der Waals surface area contributed by atoms with Crippen molar-refractivity contribution < 1.29 is 9.90 Å². The summed E-state index contributed by atoms with van der Waals surface area (Å²) in [7, 11) is 0. The van der Waals surface area contributed by atoms with Crippen LogP contribution in [0.3, 0.4) is 0 Å². The van der Waals surface area contributed by atoms with Crippen molar-refractivity contribution in [2.75, 3.05) is 6.54 Å². The van der Waals surface area contributed by atoms with Crippen molar-refractivity contribution in [3.63, 3.8) is 0 Å². The minimum atomic E-state index is -1.13. The fourth-order valence-electron chi connectivity index (χ4n) is 0.739. The topological polar surface area (TPSA) is 89.1 Å². The Kier molecular flexibility index (Phi) is 3.10. The maximum Gasteiger partial charge on any atom is 0.373 e. The molecular weight excluding hydrogens is 170 g/mol. The van der Waals surface area contributed by atoms with E-state index in [4.69, 9.17) is 10.8 Å². The summed E-state index contributed by atoms with van der Waals surface area (Å²) >= 11 is 0. The predicted molar refractivity (Wildman–Crippen MR) is 47.1 cm³/mol. The number of aromatic nitrogens is 2. The highest BCUT2D eigenvalue weighted by molar-refractivity contribution is 5.82.